The first-order valence-corrected chi connectivity index (χ1v) is 8.76. The summed E-state index contributed by atoms with van der Waals surface area (Å²) in [6.45, 7) is 0. The topological polar surface area (TPSA) is 81.6 Å². The highest BCUT2D eigenvalue weighted by Crippen LogP contribution is 2.21. The number of nitrogens with zero attached hydrogens (tertiary/aromatic N) is 2. The molecule has 0 fully saturated rings. The molecule has 0 spiro atoms. The van der Waals surface area contributed by atoms with Crippen molar-refractivity contribution in [1.29, 1.82) is 5.26 Å². The standard InChI is InChI=1S/C23H16N4O/c24-15-16-9-11-18(12-10-16)23(28)25-20-7-3-1-5-17(20)13-14-22-19-6-2-4-8-21(19)26-27-22/h1-14H,(H,25,28)(H,26,27)/b14-13+. The van der Waals surface area contributed by atoms with E-state index in [9.17, 15) is 4.79 Å². The van der Waals surface area contributed by atoms with Crippen molar-refractivity contribution >= 4 is 34.6 Å². The van der Waals surface area contributed by atoms with Crippen molar-refractivity contribution in [3.05, 3.63) is 95.2 Å². The zero-order chi connectivity index (χ0) is 19.3. The summed E-state index contributed by atoms with van der Waals surface area (Å²) in [5, 5.41) is 20.2. The van der Waals surface area contributed by atoms with Gasteiger partial charge in [-0.25, -0.2) is 0 Å². The van der Waals surface area contributed by atoms with Gasteiger partial charge in [-0.15, -0.1) is 0 Å². The fraction of sp³-hybridized carbons (Fsp3) is 0. The molecule has 0 aliphatic rings. The number of nitrogens with one attached hydrogen (secondary N) is 2. The third-order valence-electron chi connectivity index (χ3n) is 4.41. The molecule has 134 valence electrons. The van der Waals surface area contributed by atoms with Crippen LogP contribution in [0.4, 0.5) is 5.69 Å². The summed E-state index contributed by atoms with van der Waals surface area (Å²) < 4.78 is 0. The van der Waals surface area contributed by atoms with Gasteiger partial charge in [0.1, 0.15) is 0 Å². The number of aromatic nitrogens is 2. The maximum absolute atomic E-state index is 12.5. The van der Waals surface area contributed by atoms with Gasteiger partial charge in [0.05, 0.1) is 22.8 Å². The minimum absolute atomic E-state index is 0.226. The molecule has 0 bridgehead atoms. The maximum Gasteiger partial charge on any atom is 0.255 e. The predicted molar refractivity (Wildman–Crippen MR) is 111 cm³/mol. The van der Waals surface area contributed by atoms with Crippen LogP contribution in [0.15, 0.2) is 72.8 Å². The molecule has 1 amide bonds. The van der Waals surface area contributed by atoms with E-state index in [4.69, 9.17) is 5.26 Å². The second-order valence-corrected chi connectivity index (χ2v) is 6.22. The number of carbonyl (C=O) groups excluding carboxylic acids is 1. The van der Waals surface area contributed by atoms with Gasteiger partial charge in [0.2, 0.25) is 0 Å². The van der Waals surface area contributed by atoms with Gasteiger partial charge in [-0.1, -0.05) is 42.5 Å². The number of fused-ring (bicyclic) bond motifs is 1. The minimum atomic E-state index is -0.226. The van der Waals surface area contributed by atoms with E-state index in [2.05, 4.69) is 15.5 Å². The molecule has 1 heterocycles. The summed E-state index contributed by atoms with van der Waals surface area (Å²) in [6.07, 6.45) is 3.85. The summed E-state index contributed by atoms with van der Waals surface area (Å²) in [6, 6.07) is 24.1. The van der Waals surface area contributed by atoms with Gasteiger partial charge in [0.15, 0.2) is 0 Å². The van der Waals surface area contributed by atoms with Gasteiger partial charge in [-0.2, -0.15) is 10.4 Å². The highest BCUT2D eigenvalue weighted by Gasteiger charge is 2.08. The smallest absolute Gasteiger partial charge is 0.255 e. The fourth-order valence-corrected chi connectivity index (χ4v) is 2.93. The largest absolute Gasteiger partial charge is 0.321 e. The van der Waals surface area contributed by atoms with E-state index in [1.54, 1.807) is 24.3 Å². The van der Waals surface area contributed by atoms with Gasteiger partial charge < -0.3 is 5.32 Å². The first kappa shape index (κ1) is 17.3. The Hall–Kier alpha value is -4.17. The number of para-hydroxylation sites is 2. The lowest BCUT2D eigenvalue weighted by Gasteiger charge is -2.08. The van der Waals surface area contributed by atoms with Gasteiger partial charge in [-0.05, 0) is 48.0 Å². The zero-order valence-corrected chi connectivity index (χ0v) is 14.9. The molecule has 0 saturated carbocycles. The Kier molecular flexibility index (Phi) is 4.68. The lowest BCUT2D eigenvalue weighted by atomic mass is 10.1. The molecule has 5 heteroatoms. The number of H-pyrrole nitrogens is 1. The van der Waals surface area contributed by atoms with Gasteiger partial charge >= 0.3 is 0 Å². The van der Waals surface area contributed by atoms with Crippen molar-refractivity contribution in [1.82, 2.24) is 10.2 Å². The number of rotatable bonds is 4. The fourth-order valence-electron chi connectivity index (χ4n) is 2.93. The highest BCUT2D eigenvalue weighted by atomic mass is 16.1. The SMILES string of the molecule is N#Cc1ccc(C(=O)Nc2ccccc2/C=C/c2n[nH]c3ccccc23)cc1. The molecule has 3 aromatic carbocycles. The molecule has 0 unspecified atom stereocenters. The van der Waals surface area contributed by atoms with E-state index in [1.807, 2.05) is 66.8 Å². The molecular formula is C23H16N4O. The van der Waals surface area contributed by atoms with E-state index in [-0.39, 0.29) is 5.91 Å². The third-order valence-corrected chi connectivity index (χ3v) is 4.41. The number of nitriles is 1. The van der Waals surface area contributed by atoms with Crippen LogP contribution in [-0.2, 0) is 0 Å². The van der Waals surface area contributed by atoms with Crippen LogP contribution in [0.5, 0.6) is 0 Å². The van der Waals surface area contributed by atoms with Crippen molar-refractivity contribution in [3.63, 3.8) is 0 Å². The zero-order valence-electron chi connectivity index (χ0n) is 14.9. The van der Waals surface area contributed by atoms with Crippen LogP contribution in [0.25, 0.3) is 23.1 Å². The number of carbonyl (C=O) groups is 1. The minimum Gasteiger partial charge on any atom is -0.321 e. The monoisotopic (exact) mass is 364 g/mol. The number of hydrogen-bond donors (Lipinski definition) is 2. The Morgan fingerprint density at radius 1 is 0.964 bits per heavy atom. The number of hydrogen-bond acceptors (Lipinski definition) is 3. The molecular weight excluding hydrogens is 348 g/mol. The number of aromatic amines is 1. The van der Waals surface area contributed by atoms with Crippen LogP contribution in [0.3, 0.4) is 0 Å². The molecule has 1 aromatic heterocycles. The number of amides is 1. The van der Waals surface area contributed by atoms with Crippen molar-refractivity contribution < 1.29 is 4.79 Å². The van der Waals surface area contributed by atoms with Crippen LogP contribution < -0.4 is 5.32 Å². The molecule has 0 radical (unpaired) electrons. The summed E-state index contributed by atoms with van der Waals surface area (Å²) >= 11 is 0. The van der Waals surface area contributed by atoms with Gasteiger partial charge in [0, 0.05) is 16.6 Å². The van der Waals surface area contributed by atoms with Crippen molar-refractivity contribution in [2.24, 2.45) is 0 Å². The summed E-state index contributed by atoms with van der Waals surface area (Å²) in [5.41, 5.74) is 4.40. The molecule has 0 saturated heterocycles. The van der Waals surface area contributed by atoms with Gasteiger partial charge in [-0.3, -0.25) is 9.89 Å². The van der Waals surface area contributed by atoms with E-state index < -0.39 is 0 Å². The number of benzene rings is 3. The average molecular weight is 364 g/mol. The predicted octanol–water partition coefficient (Wildman–Crippen LogP) is 4.86. The van der Waals surface area contributed by atoms with Crippen LogP contribution in [0.1, 0.15) is 27.2 Å². The first-order valence-electron chi connectivity index (χ1n) is 8.76. The molecule has 2 N–H and O–H groups in total. The van der Waals surface area contributed by atoms with E-state index >= 15 is 0 Å². The average Bonchev–Trinajstić information content (AvgIpc) is 3.16. The Balaban J connectivity index is 1.58. The lowest BCUT2D eigenvalue weighted by molar-refractivity contribution is 0.102. The van der Waals surface area contributed by atoms with Crippen molar-refractivity contribution in [3.8, 4) is 6.07 Å². The normalized spacial score (nSPS) is 10.8. The van der Waals surface area contributed by atoms with Gasteiger partial charge in [0.25, 0.3) is 5.91 Å². The number of anilines is 1. The van der Waals surface area contributed by atoms with E-state index in [1.165, 1.54) is 0 Å². The Labute approximate surface area is 161 Å². The molecule has 5 nitrogen and oxygen atoms in total. The third kappa shape index (κ3) is 3.53. The molecule has 0 aliphatic carbocycles. The highest BCUT2D eigenvalue weighted by molar-refractivity contribution is 6.05. The Bertz CT molecular complexity index is 1210. The van der Waals surface area contributed by atoms with E-state index in [0.717, 1.165) is 22.2 Å². The first-order chi connectivity index (χ1) is 13.7. The van der Waals surface area contributed by atoms with Crippen LogP contribution >= 0.6 is 0 Å². The molecule has 4 rings (SSSR count). The van der Waals surface area contributed by atoms with Crippen LogP contribution in [-0.4, -0.2) is 16.1 Å². The second-order valence-electron chi connectivity index (χ2n) is 6.22. The summed E-state index contributed by atoms with van der Waals surface area (Å²) in [4.78, 5) is 12.5. The lowest BCUT2D eigenvalue weighted by Crippen LogP contribution is -2.12. The van der Waals surface area contributed by atoms with Crippen molar-refractivity contribution in [2.45, 2.75) is 0 Å². The Morgan fingerprint density at radius 2 is 1.71 bits per heavy atom. The maximum atomic E-state index is 12.5. The molecule has 28 heavy (non-hydrogen) atoms. The van der Waals surface area contributed by atoms with Crippen molar-refractivity contribution in [2.75, 3.05) is 5.32 Å². The molecule has 0 atom stereocenters. The van der Waals surface area contributed by atoms with E-state index in [0.29, 0.717) is 16.8 Å². The second kappa shape index (κ2) is 7.60. The Morgan fingerprint density at radius 3 is 2.54 bits per heavy atom. The van der Waals surface area contributed by atoms with Crippen LogP contribution in [0, 0.1) is 11.3 Å². The molecule has 0 aliphatic heterocycles. The quantitative estimate of drug-likeness (QED) is 0.543. The summed E-state index contributed by atoms with van der Waals surface area (Å²) in [5.74, 6) is -0.226. The molecule has 4 aromatic rings. The summed E-state index contributed by atoms with van der Waals surface area (Å²) in [7, 11) is 0. The van der Waals surface area contributed by atoms with Crippen LogP contribution in [0.2, 0.25) is 0 Å².